The molecule has 0 saturated carbocycles. The van der Waals surface area contributed by atoms with Crippen LogP contribution in [0.5, 0.6) is 11.5 Å². The second-order valence-corrected chi connectivity index (χ2v) is 4.25. The van der Waals surface area contributed by atoms with Crippen LogP contribution in [0.2, 0.25) is 0 Å². The van der Waals surface area contributed by atoms with Gasteiger partial charge in [0.1, 0.15) is 16.4 Å². The van der Waals surface area contributed by atoms with Gasteiger partial charge in [-0.1, -0.05) is 0 Å². The monoisotopic (exact) mass is 279 g/mol. The molecule has 0 aliphatic rings. The Morgan fingerprint density at radius 2 is 1.84 bits per heavy atom. The SMILES string of the molecule is COc1ccc(OC(=O)c2cc(C(=O)O)sn2)cc1. The number of ether oxygens (including phenoxy) is 2. The van der Waals surface area contributed by atoms with Crippen LogP contribution in [0.3, 0.4) is 0 Å². The zero-order valence-electron chi connectivity index (χ0n) is 9.82. The number of aromatic carboxylic acids is 1. The smallest absolute Gasteiger partial charge is 0.363 e. The summed E-state index contributed by atoms with van der Waals surface area (Å²) in [6.07, 6.45) is 0. The summed E-state index contributed by atoms with van der Waals surface area (Å²) in [5, 5.41) is 8.73. The maximum atomic E-state index is 11.7. The minimum Gasteiger partial charge on any atom is -0.497 e. The highest BCUT2D eigenvalue weighted by Crippen LogP contribution is 2.19. The van der Waals surface area contributed by atoms with Crippen LogP contribution in [-0.4, -0.2) is 28.5 Å². The fraction of sp³-hybridized carbons (Fsp3) is 0.0833. The van der Waals surface area contributed by atoms with Gasteiger partial charge in [-0.25, -0.2) is 9.59 Å². The van der Waals surface area contributed by atoms with E-state index in [0.29, 0.717) is 11.5 Å². The number of carbonyl (C=O) groups excluding carboxylic acids is 1. The molecule has 0 aliphatic carbocycles. The van der Waals surface area contributed by atoms with Gasteiger partial charge in [0.25, 0.3) is 0 Å². The Morgan fingerprint density at radius 1 is 1.21 bits per heavy atom. The van der Waals surface area contributed by atoms with Crippen molar-refractivity contribution in [3.8, 4) is 11.5 Å². The third-order valence-corrected chi connectivity index (χ3v) is 2.98. The Kier molecular flexibility index (Phi) is 3.76. The number of aromatic nitrogens is 1. The molecule has 0 radical (unpaired) electrons. The highest BCUT2D eigenvalue weighted by atomic mass is 32.1. The van der Waals surface area contributed by atoms with Gasteiger partial charge in [0, 0.05) is 0 Å². The van der Waals surface area contributed by atoms with Crippen LogP contribution < -0.4 is 9.47 Å². The largest absolute Gasteiger partial charge is 0.497 e. The van der Waals surface area contributed by atoms with Gasteiger partial charge in [0.2, 0.25) is 0 Å². The Labute approximate surface area is 112 Å². The van der Waals surface area contributed by atoms with Crippen molar-refractivity contribution >= 4 is 23.5 Å². The van der Waals surface area contributed by atoms with E-state index in [1.54, 1.807) is 24.3 Å². The summed E-state index contributed by atoms with van der Waals surface area (Å²) in [5.74, 6) is -0.854. The number of hydrogen-bond donors (Lipinski definition) is 1. The summed E-state index contributed by atoms with van der Waals surface area (Å²) >= 11 is 0.732. The predicted molar refractivity (Wildman–Crippen MR) is 67.0 cm³/mol. The molecule has 0 aliphatic heterocycles. The van der Waals surface area contributed by atoms with E-state index in [9.17, 15) is 9.59 Å². The van der Waals surface area contributed by atoms with E-state index in [-0.39, 0.29) is 10.6 Å². The Morgan fingerprint density at radius 3 is 2.37 bits per heavy atom. The van der Waals surface area contributed by atoms with E-state index in [2.05, 4.69) is 4.37 Å². The molecule has 1 heterocycles. The average molecular weight is 279 g/mol. The lowest BCUT2D eigenvalue weighted by atomic mass is 10.3. The number of hydrogen-bond acceptors (Lipinski definition) is 6. The van der Waals surface area contributed by atoms with Crippen molar-refractivity contribution in [2.45, 2.75) is 0 Å². The van der Waals surface area contributed by atoms with Crippen LogP contribution in [0, 0.1) is 0 Å². The summed E-state index contributed by atoms with van der Waals surface area (Å²) in [5.41, 5.74) is -0.0294. The van der Waals surface area contributed by atoms with Crippen molar-refractivity contribution in [1.29, 1.82) is 0 Å². The van der Waals surface area contributed by atoms with Crippen molar-refractivity contribution in [2.24, 2.45) is 0 Å². The molecule has 0 unspecified atom stereocenters. The first kappa shape index (κ1) is 13.0. The summed E-state index contributed by atoms with van der Waals surface area (Å²) in [4.78, 5) is 22.4. The molecule has 2 rings (SSSR count). The molecule has 0 amide bonds. The molecule has 1 N–H and O–H groups in total. The first-order valence-corrected chi connectivity index (χ1v) is 5.93. The molecule has 0 fully saturated rings. The quantitative estimate of drug-likeness (QED) is 0.681. The highest BCUT2D eigenvalue weighted by molar-refractivity contribution is 7.08. The van der Waals surface area contributed by atoms with Gasteiger partial charge >= 0.3 is 11.9 Å². The molecule has 98 valence electrons. The van der Waals surface area contributed by atoms with Crippen molar-refractivity contribution in [3.63, 3.8) is 0 Å². The van der Waals surface area contributed by atoms with E-state index in [0.717, 1.165) is 11.5 Å². The minimum atomic E-state index is -1.12. The van der Waals surface area contributed by atoms with E-state index in [4.69, 9.17) is 14.6 Å². The summed E-state index contributed by atoms with van der Waals surface area (Å²) in [7, 11) is 1.53. The zero-order valence-corrected chi connectivity index (χ0v) is 10.6. The van der Waals surface area contributed by atoms with Crippen LogP contribution in [0.4, 0.5) is 0 Å². The zero-order chi connectivity index (χ0) is 13.8. The van der Waals surface area contributed by atoms with E-state index in [1.165, 1.54) is 13.2 Å². The number of carbonyl (C=O) groups is 2. The van der Waals surface area contributed by atoms with E-state index in [1.807, 2.05) is 0 Å². The fourth-order valence-corrected chi connectivity index (χ4v) is 1.84. The standard InChI is InChI=1S/C12H9NO5S/c1-17-7-2-4-8(5-3-7)18-12(16)9-6-10(11(14)15)19-13-9/h2-6H,1H3,(H,14,15). The van der Waals surface area contributed by atoms with Gasteiger partial charge in [-0.2, -0.15) is 4.37 Å². The molecule has 6 nitrogen and oxygen atoms in total. The molecule has 0 bridgehead atoms. The number of carboxylic acids is 1. The van der Waals surface area contributed by atoms with Gasteiger partial charge in [-0.15, -0.1) is 0 Å². The Bertz CT molecular complexity index is 605. The van der Waals surface area contributed by atoms with Gasteiger partial charge < -0.3 is 14.6 Å². The molecule has 1 aromatic heterocycles. The first-order chi connectivity index (χ1) is 9.10. The van der Waals surface area contributed by atoms with Crippen molar-refractivity contribution in [3.05, 3.63) is 40.9 Å². The van der Waals surface area contributed by atoms with Crippen LogP contribution in [0.15, 0.2) is 30.3 Å². The van der Waals surface area contributed by atoms with E-state index >= 15 is 0 Å². The lowest BCUT2D eigenvalue weighted by Crippen LogP contribution is -2.08. The minimum absolute atomic E-state index is 0.0123. The van der Waals surface area contributed by atoms with E-state index < -0.39 is 11.9 Å². The lowest BCUT2D eigenvalue weighted by Gasteiger charge is -2.03. The summed E-state index contributed by atoms with van der Waals surface area (Å²) in [6, 6.07) is 7.61. The third kappa shape index (κ3) is 3.08. The highest BCUT2D eigenvalue weighted by Gasteiger charge is 2.16. The fourth-order valence-electron chi connectivity index (χ4n) is 1.28. The Hall–Kier alpha value is -2.41. The molecule has 19 heavy (non-hydrogen) atoms. The van der Waals surface area contributed by atoms with Crippen LogP contribution in [0.1, 0.15) is 20.2 Å². The maximum absolute atomic E-state index is 11.7. The molecule has 2 aromatic rings. The number of carboxylic acid groups (broad SMARTS) is 1. The topological polar surface area (TPSA) is 85.7 Å². The number of methoxy groups -OCH3 is 1. The van der Waals surface area contributed by atoms with Crippen LogP contribution in [0.25, 0.3) is 0 Å². The third-order valence-electron chi connectivity index (χ3n) is 2.20. The number of esters is 1. The molecule has 0 spiro atoms. The molecule has 0 saturated heterocycles. The Balaban J connectivity index is 2.08. The van der Waals surface area contributed by atoms with Crippen molar-refractivity contribution in [1.82, 2.24) is 4.37 Å². The van der Waals surface area contributed by atoms with Gasteiger partial charge in [-0.05, 0) is 41.9 Å². The maximum Gasteiger partial charge on any atom is 0.363 e. The van der Waals surface area contributed by atoms with Crippen LogP contribution in [-0.2, 0) is 0 Å². The number of benzene rings is 1. The number of rotatable bonds is 4. The molecule has 0 atom stereocenters. The molecular weight excluding hydrogens is 270 g/mol. The second-order valence-electron chi connectivity index (χ2n) is 3.45. The first-order valence-electron chi connectivity index (χ1n) is 5.16. The average Bonchev–Trinajstić information content (AvgIpc) is 2.89. The molecule has 7 heteroatoms. The van der Waals surface area contributed by atoms with Gasteiger partial charge in [-0.3, -0.25) is 0 Å². The van der Waals surface area contributed by atoms with Crippen molar-refractivity contribution < 1.29 is 24.2 Å². The van der Waals surface area contributed by atoms with Gasteiger partial charge in [0.15, 0.2) is 5.69 Å². The summed E-state index contributed by atoms with van der Waals surface area (Å²) in [6.45, 7) is 0. The summed E-state index contributed by atoms with van der Waals surface area (Å²) < 4.78 is 13.8. The van der Waals surface area contributed by atoms with Crippen molar-refractivity contribution in [2.75, 3.05) is 7.11 Å². The lowest BCUT2D eigenvalue weighted by molar-refractivity contribution is 0.0702. The molecule has 1 aromatic carbocycles. The van der Waals surface area contributed by atoms with Gasteiger partial charge in [0.05, 0.1) is 7.11 Å². The normalized spacial score (nSPS) is 9.95. The molecular formula is C12H9NO5S. The second kappa shape index (κ2) is 5.49. The predicted octanol–water partition coefficient (Wildman–Crippen LogP) is 2.07. The van der Waals surface area contributed by atoms with Crippen LogP contribution >= 0.6 is 11.5 Å². The number of nitrogens with zero attached hydrogens (tertiary/aromatic N) is 1.